The quantitative estimate of drug-likeness (QED) is 0.651. The standard InChI is InChI=1S/C21H15F4N3O/c22-16-10-13(9-15(12-16)21(23,24)25)1-2-17-11-14(5-6-26-17)18-3-4-19-20(29)27-7-8-28(18)19/h1-6,9-12H,7-8H2,(H,27,29)/b2-1+. The van der Waals surface area contributed by atoms with Crippen LogP contribution >= 0.6 is 0 Å². The first-order valence-electron chi connectivity index (χ1n) is 8.81. The molecule has 3 aromatic rings. The van der Waals surface area contributed by atoms with E-state index in [1.165, 1.54) is 12.2 Å². The van der Waals surface area contributed by atoms with Crippen molar-refractivity contribution in [1.29, 1.82) is 0 Å². The van der Waals surface area contributed by atoms with Crippen LogP contribution in [0.4, 0.5) is 17.6 Å². The van der Waals surface area contributed by atoms with Crippen LogP contribution in [0.1, 0.15) is 27.3 Å². The van der Waals surface area contributed by atoms with E-state index in [9.17, 15) is 22.4 Å². The van der Waals surface area contributed by atoms with Gasteiger partial charge < -0.3 is 9.88 Å². The Morgan fingerprint density at radius 3 is 2.62 bits per heavy atom. The molecule has 1 aliphatic heterocycles. The monoisotopic (exact) mass is 401 g/mol. The van der Waals surface area contributed by atoms with Crippen LogP contribution in [-0.2, 0) is 12.7 Å². The second-order valence-corrected chi connectivity index (χ2v) is 6.59. The van der Waals surface area contributed by atoms with Gasteiger partial charge in [0.15, 0.2) is 0 Å². The largest absolute Gasteiger partial charge is 0.416 e. The molecule has 0 atom stereocenters. The first-order chi connectivity index (χ1) is 13.8. The highest BCUT2D eigenvalue weighted by Crippen LogP contribution is 2.31. The summed E-state index contributed by atoms with van der Waals surface area (Å²) in [5.74, 6) is -1.09. The molecule has 0 radical (unpaired) electrons. The number of alkyl halides is 3. The number of aromatic nitrogens is 2. The van der Waals surface area contributed by atoms with Crippen LogP contribution in [0.15, 0.2) is 48.7 Å². The van der Waals surface area contributed by atoms with Gasteiger partial charge in [-0.2, -0.15) is 13.2 Å². The minimum absolute atomic E-state index is 0.0845. The van der Waals surface area contributed by atoms with Crippen molar-refractivity contribution in [3.05, 3.63) is 77.0 Å². The third kappa shape index (κ3) is 3.91. The Bertz CT molecular complexity index is 1120. The minimum atomic E-state index is -4.62. The summed E-state index contributed by atoms with van der Waals surface area (Å²) in [5.41, 5.74) is 1.77. The molecule has 0 bridgehead atoms. The minimum Gasteiger partial charge on any atom is -0.349 e. The number of nitrogens with zero attached hydrogens (tertiary/aromatic N) is 2. The van der Waals surface area contributed by atoms with Gasteiger partial charge in [0.05, 0.1) is 11.3 Å². The maximum Gasteiger partial charge on any atom is 0.416 e. The predicted molar refractivity (Wildman–Crippen MR) is 100 cm³/mol. The van der Waals surface area contributed by atoms with E-state index < -0.39 is 17.6 Å². The third-order valence-electron chi connectivity index (χ3n) is 4.61. The number of carbonyl (C=O) groups excluding carboxylic acids is 1. The number of amides is 1. The maximum atomic E-state index is 13.5. The van der Waals surface area contributed by atoms with Crippen LogP contribution in [-0.4, -0.2) is 22.0 Å². The third-order valence-corrected chi connectivity index (χ3v) is 4.61. The van der Waals surface area contributed by atoms with E-state index in [4.69, 9.17) is 0 Å². The topological polar surface area (TPSA) is 46.9 Å². The van der Waals surface area contributed by atoms with Crippen LogP contribution in [0.3, 0.4) is 0 Å². The molecule has 0 aliphatic carbocycles. The number of pyridine rings is 1. The zero-order valence-electron chi connectivity index (χ0n) is 15.0. The summed E-state index contributed by atoms with van der Waals surface area (Å²) < 4.78 is 54.0. The van der Waals surface area contributed by atoms with Crippen LogP contribution < -0.4 is 5.32 Å². The van der Waals surface area contributed by atoms with Crippen molar-refractivity contribution in [3.63, 3.8) is 0 Å². The van der Waals surface area contributed by atoms with Crippen molar-refractivity contribution < 1.29 is 22.4 Å². The molecule has 1 aromatic carbocycles. The second-order valence-electron chi connectivity index (χ2n) is 6.59. The zero-order valence-corrected chi connectivity index (χ0v) is 15.0. The lowest BCUT2D eigenvalue weighted by Crippen LogP contribution is -2.35. The lowest BCUT2D eigenvalue weighted by molar-refractivity contribution is -0.137. The van der Waals surface area contributed by atoms with Gasteiger partial charge in [0.1, 0.15) is 11.5 Å². The zero-order chi connectivity index (χ0) is 20.6. The van der Waals surface area contributed by atoms with Crippen molar-refractivity contribution in [2.45, 2.75) is 12.7 Å². The highest BCUT2D eigenvalue weighted by atomic mass is 19.4. The summed E-state index contributed by atoms with van der Waals surface area (Å²) in [6, 6.07) is 9.49. The Hall–Kier alpha value is -3.42. The molecule has 4 nitrogen and oxygen atoms in total. The summed E-state index contributed by atoms with van der Waals surface area (Å²) in [7, 11) is 0. The molecule has 0 fully saturated rings. The van der Waals surface area contributed by atoms with Gasteiger partial charge in [-0.15, -0.1) is 0 Å². The van der Waals surface area contributed by atoms with Gasteiger partial charge in [-0.3, -0.25) is 9.78 Å². The number of hydrogen-bond acceptors (Lipinski definition) is 2. The Kier molecular flexibility index (Phi) is 4.70. The van der Waals surface area contributed by atoms with Crippen LogP contribution in [0.2, 0.25) is 0 Å². The average molecular weight is 401 g/mol. The highest BCUT2D eigenvalue weighted by Gasteiger charge is 2.31. The number of fused-ring (bicyclic) bond motifs is 1. The van der Waals surface area contributed by atoms with Gasteiger partial charge in [-0.05, 0) is 54.1 Å². The van der Waals surface area contributed by atoms with Gasteiger partial charge >= 0.3 is 6.18 Å². The van der Waals surface area contributed by atoms with Crippen LogP contribution in [0, 0.1) is 5.82 Å². The molecular weight excluding hydrogens is 386 g/mol. The molecule has 8 heteroatoms. The maximum absolute atomic E-state index is 13.5. The Morgan fingerprint density at radius 1 is 1.03 bits per heavy atom. The van der Waals surface area contributed by atoms with E-state index in [1.54, 1.807) is 24.4 Å². The first-order valence-corrected chi connectivity index (χ1v) is 8.81. The van der Waals surface area contributed by atoms with E-state index >= 15 is 0 Å². The van der Waals surface area contributed by atoms with Gasteiger partial charge in [-0.25, -0.2) is 4.39 Å². The van der Waals surface area contributed by atoms with Crippen molar-refractivity contribution in [2.75, 3.05) is 6.54 Å². The van der Waals surface area contributed by atoms with E-state index in [1.807, 2.05) is 10.6 Å². The van der Waals surface area contributed by atoms with Gasteiger partial charge in [-0.1, -0.05) is 6.08 Å². The molecule has 1 amide bonds. The summed E-state index contributed by atoms with van der Waals surface area (Å²) in [6.45, 7) is 1.17. The molecule has 0 unspecified atom stereocenters. The number of carbonyl (C=O) groups is 1. The number of hydrogen-bond donors (Lipinski definition) is 1. The SMILES string of the molecule is O=C1NCCn2c1ccc2-c1ccnc(/C=C/c2cc(F)cc(C(F)(F)F)c2)c1. The molecule has 0 spiro atoms. The predicted octanol–water partition coefficient (Wildman–Crippen LogP) is 4.62. The smallest absolute Gasteiger partial charge is 0.349 e. The molecule has 2 aromatic heterocycles. The van der Waals surface area contributed by atoms with Gasteiger partial charge in [0, 0.05) is 30.5 Å². The Labute approximate surface area is 163 Å². The summed E-state index contributed by atoms with van der Waals surface area (Å²) >= 11 is 0. The number of nitrogens with one attached hydrogen (secondary N) is 1. The number of rotatable bonds is 3. The molecule has 1 aliphatic rings. The molecule has 4 rings (SSSR count). The fraction of sp³-hybridized carbons (Fsp3) is 0.143. The fourth-order valence-electron chi connectivity index (χ4n) is 3.28. The molecule has 148 valence electrons. The lowest BCUT2D eigenvalue weighted by Gasteiger charge is -2.18. The molecule has 1 N–H and O–H groups in total. The van der Waals surface area contributed by atoms with E-state index in [0.29, 0.717) is 30.5 Å². The fourth-order valence-corrected chi connectivity index (χ4v) is 3.28. The van der Waals surface area contributed by atoms with E-state index in [-0.39, 0.29) is 11.5 Å². The van der Waals surface area contributed by atoms with E-state index in [0.717, 1.165) is 23.4 Å². The highest BCUT2D eigenvalue weighted by molar-refractivity contribution is 5.94. The van der Waals surface area contributed by atoms with Crippen molar-refractivity contribution in [2.24, 2.45) is 0 Å². The average Bonchev–Trinajstić information content (AvgIpc) is 3.11. The first kappa shape index (κ1) is 18.9. The van der Waals surface area contributed by atoms with Crippen LogP contribution in [0.5, 0.6) is 0 Å². The van der Waals surface area contributed by atoms with Crippen LogP contribution in [0.25, 0.3) is 23.4 Å². The normalized spacial score (nSPS) is 14.1. The van der Waals surface area contributed by atoms with Gasteiger partial charge in [0.2, 0.25) is 0 Å². The van der Waals surface area contributed by atoms with Gasteiger partial charge in [0.25, 0.3) is 5.91 Å². The van der Waals surface area contributed by atoms with Crippen molar-refractivity contribution >= 4 is 18.1 Å². The molecule has 0 saturated carbocycles. The summed E-state index contributed by atoms with van der Waals surface area (Å²) in [6.07, 6.45) is -0.148. The molecule has 0 saturated heterocycles. The second kappa shape index (κ2) is 7.20. The summed E-state index contributed by atoms with van der Waals surface area (Å²) in [5, 5.41) is 2.78. The van der Waals surface area contributed by atoms with E-state index in [2.05, 4.69) is 10.3 Å². The molecular formula is C21H15F4N3O. The number of halogens is 4. The molecule has 3 heterocycles. The Balaban J connectivity index is 1.64. The van der Waals surface area contributed by atoms with Crippen molar-refractivity contribution in [3.8, 4) is 11.3 Å². The Morgan fingerprint density at radius 2 is 1.83 bits per heavy atom. The molecule has 29 heavy (non-hydrogen) atoms. The lowest BCUT2D eigenvalue weighted by atomic mass is 10.1. The summed E-state index contributed by atoms with van der Waals surface area (Å²) in [4.78, 5) is 16.1. The number of benzene rings is 1. The van der Waals surface area contributed by atoms with Crippen molar-refractivity contribution in [1.82, 2.24) is 14.9 Å².